The molecule has 2 saturated heterocycles. The van der Waals surface area contributed by atoms with Gasteiger partial charge in [-0.1, -0.05) is 121 Å². The van der Waals surface area contributed by atoms with E-state index in [4.69, 9.17) is 14.2 Å². The summed E-state index contributed by atoms with van der Waals surface area (Å²) in [6.07, 6.45) is -1.28. The Morgan fingerprint density at radius 3 is 1.70 bits per heavy atom. The van der Waals surface area contributed by atoms with Gasteiger partial charge in [0.25, 0.3) is 0 Å². The predicted molar refractivity (Wildman–Crippen MR) is 165 cm³/mol. The van der Waals surface area contributed by atoms with Crippen molar-refractivity contribution in [3.05, 3.63) is 144 Å². The highest BCUT2D eigenvalue weighted by atomic mass is 16.6. The van der Waals surface area contributed by atoms with Gasteiger partial charge < -0.3 is 19.0 Å². The molecule has 2 aliphatic heterocycles. The van der Waals surface area contributed by atoms with Gasteiger partial charge in [0.05, 0.1) is 19.3 Å². The molecule has 1 spiro atoms. The van der Waals surface area contributed by atoms with E-state index in [2.05, 4.69) is 17.0 Å². The number of nitrogens with zero attached hydrogens (tertiary/aromatic N) is 2. The van der Waals surface area contributed by atoms with Gasteiger partial charge in [-0.2, -0.15) is 0 Å². The van der Waals surface area contributed by atoms with E-state index in [1.165, 1.54) is 0 Å². The van der Waals surface area contributed by atoms with Crippen molar-refractivity contribution in [1.29, 1.82) is 0 Å². The number of likely N-dealkylation sites (tertiary alicyclic amines) is 1. The number of hydrogen-bond acceptors (Lipinski definition) is 6. The first-order valence-corrected chi connectivity index (χ1v) is 15.2. The van der Waals surface area contributed by atoms with E-state index in [9.17, 15) is 9.59 Å². The van der Waals surface area contributed by atoms with Gasteiger partial charge in [0, 0.05) is 13.1 Å². The Bertz CT molecular complexity index is 1590. The minimum atomic E-state index is -1.06. The zero-order valence-corrected chi connectivity index (χ0v) is 24.7. The fourth-order valence-electron chi connectivity index (χ4n) is 7.50. The maximum Gasteiger partial charge on any atom is 0.411 e. The van der Waals surface area contributed by atoms with Crippen LogP contribution < -0.4 is 0 Å². The molecule has 7 atom stereocenters. The fourth-order valence-corrected chi connectivity index (χ4v) is 7.50. The Labute approximate surface area is 258 Å². The zero-order valence-electron chi connectivity index (χ0n) is 24.7. The van der Waals surface area contributed by atoms with Crippen LogP contribution in [0.3, 0.4) is 0 Å². The lowest BCUT2D eigenvalue weighted by Gasteiger charge is -2.47. The van der Waals surface area contributed by atoms with Crippen LogP contribution in [0.15, 0.2) is 121 Å². The van der Waals surface area contributed by atoms with Gasteiger partial charge in [0.1, 0.15) is 35.7 Å². The van der Waals surface area contributed by atoms with Crippen LogP contribution >= 0.6 is 0 Å². The molecular weight excluding hydrogens is 552 g/mol. The third-order valence-electron chi connectivity index (χ3n) is 9.54. The summed E-state index contributed by atoms with van der Waals surface area (Å²) in [7, 11) is 0. The number of carbonyl (C=O) groups excluding carboxylic acids is 2. The number of hydrogen-bond donors (Lipinski definition) is 0. The summed E-state index contributed by atoms with van der Waals surface area (Å²) in [5, 5.41) is 0. The molecule has 3 aliphatic rings. The van der Waals surface area contributed by atoms with E-state index in [1.54, 1.807) is 4.90 Å². The highest BCUT2D eigenvalue weighted by Crippen LogP contribution is 2.63. The summed E-state index contributed by atoms with van der Waals surface area (Å²) < 4.78 is 19.8. The third-order valence-corrected chi connectivity index (χ3v) is 9.54. The minimum absolute atomic E-state index is 0.278. The number of benzene rings is 4. The first-order chi connectivity index (χ1) is 21.6. The normalized spacial score (nSPS) is 30.2. The van der Waals surface area contributed by atoms with Crippen LogP contribution in [0.5, 0.6) is 0 Å². The highest BCUT2D eigenvalue weighted by molar-refractivity contribution is 5.80. The number of amides is 1. The number of rotatable bonds is 11. The minimum Gasteiger partial charge on any atom is -0.444 e. The van der Waals surface area contributed by atoms with Gasteiger partial charge in [0.2, 0.25) is 0 Å². The summed E-state index contributed by atoms with van der Waals surface area (Å²) in [6.45, 7) is 3.37. The van der Waals surface area contributed by atoms with Crippen LogP contribution in [0.2, 0.25) is 0 Å². The second-order valence-electron chi connectivity index (χ2n) is 11.9. The standard InChI is InChI=1S/C37H36N2O5/c1-27-37(39(35(41)44-27)23-29-16-8-3-9-17-29)33(42-24-30-18-10-4-11-19-30)32-36(26-40,38(32)22-28-14-6-2-7-15-28)34(37)43-25-31-20-12-5-13-21-31/h2-21,26-27,32-34H,22-25H2,1H3/t27-,32-,33+,34+,36-,37-,38?/m0/s1. The van der Waals surface area contributed by atoms with E-state index < -0.39 is 35.5 Å². The number of cyclic esters (lactones) is 1. The lowest BCUT2D eigenvalue weighted by molar-refractivity contribution is -0.153. The van der Waals surface area contributed by atoms with Gasteiger partial charge in [-0.05, 0) is 29.2 Å². The van der Waals surface area contributed by atoms with Crippen LogP contribution in [0.1, 0.15) is 29.2 Å². The number of fused-ring (bicyclic) bond motifs is 1. The summed E-state index contributed by atoms with van der Waals surface area (Å²) in [5.74, 6) is 0. The number of ether oxygens (including phenoxy) is 3. The Morgan fingerprint density at radius 1 is 0.705 bits per heavy atom. The molecular formula is C37H36N2O5. The summed E-state index contributed by atoms with van der Waals surface area (Å²) in [5.41, 5.74) is 1.97. The molecule has 7 heteroatoms. The zero-order chi connectivity index (χ0) is 30.1. The van der Waals surface area contributed by atoms with E-state index >= 15 is 0 Å². The quantitative estimate of drug-likeness (QED) is 0.164. The molecule has 1 unspecified atom stereocenters. The third kappa shape index (κ3) is 4.63. The molecule has 0 radical (unpaired) electrons. The largest absolute Gasteiger partial charge is 0.444 e. The molecule has 44 heavy (non-hydrogen) atoms. The fraction of sp³-hybridized carbons (Fsp3) is 0.297. The van der Waals surface area contributed by atoms with Gasteiger partial charge >= 0.3 is 6.09 Å². The molecule has 0 bridgehead atoms. The van der Waals surface area contributed by atoms with E-state index in [0.29, 0.717) is 19.7 Å². The first kappa shape index (κ1) is 28.5. The van der Waals surface area contributed by atoms with Crippen LogP contribution in [0, 0.1) is 0 Å². The van der Waals surface area contributed by atoms with Gasteiger partial charge in [-0.25, -0.2) is 4.79 Å². The molecule has 7 nitrogen and oxygen atoms in total. The molecule has 4 aromatic carbocycles. The lowest BCUT2D eigenvalue weighted by Crippen LogP contribution is -2.68. The molecule has 3 fully saturated rings. The molecule has 2 heterocycles. The van der Waals surface area contributed by atoms with Crippen molar-refractivity contribution in [2.45, 2.75) is 68.7 Å². The van der Waals surface area contributed by atoms with Crippen LogP contribution in [0.4, 0.5) is 4.79 Å². The molecule has 1 amide bonds. The summed E-state index contributed by atoms with van der Waals surface area (Å²) >= 11 is 0. The SMILES string of the molecule is C[C@@H]1OC(=O)N(Cc2ccccc2)[C@]12[C@H](OCc1ccccc1)[C@@H]1N(Cc3ccccc3)[C@]1(C=O)[C@H]2OCc1ccccc1. The Balaban J connectivity index is 1.34. The lowest BCUT2D eigenvalue weighted by atomic mass is 9.81. The molecule has 1 aliphatic carbocycles. The molecule has 7 rings (SSSR count). The molecule has 224 valence electrons. The molecule has 1 saturated carbocycles. The van der Waals surface area contributed by atoms with Crippen molar-refractivity contribution in [3.63, 3.8) is 0 Å². The van der Waals surface area contributed by atoms with E-state index in [-0.39, 0.29) is 12.6 Å². The van der Waals surface area contributed by atoms with Crippen molar-refractivity contribution in [2.24, 2.45) is 0 Å². The second-order valence-corrected chi connectivity index (χ2v) is 11.9. The summed E-state index contributed by atoms with van der Waals surface area (Å²) in [4.78, 5) is 31.2. The topological polar surface area (TPSA) is 68.1 Å². The Morgan fingerprint density at radius 2 is 1.18 bits per heavy atom. The number of aldehydes is 1. The van der Waals surface area contributed by atoms with Crippen molar-refractivity contribution in [2.75, 3.05) is 0 Å². The van der Waals surface area contributed by atoms with E-state index in [0.717, 1.165) is 28.5 Å². The smallest absolute Gasteiger partial charge is 0.411 e. The maximum atomic E-state index is 13.8. The monoisotopic (exact) mass is 588 g/mol. The molecule has 0 aromatic heterocycles. The van der Waals surface area contributed by atoms with Crippen LogP contribution in [-0.2, 0) is 45.3 Å². The van der Waals surface area contributed by atoms with Gasteiger partial charge in [0.15, 0.2) is 0 Å². The molecule has 0 N–H and O–H groups in total. The van der Waals surface area contributed by atoms with Gasteiger partial charge in [-0.3, -0.25) is 9.80 Å². The average molecular weight is 589 g/mol. The molecule has 4 aromatic rings. The van der Waals surface area contributed by atoms with Crippen molar-refractivity contribution >= 4 is 12.4 Å². The average Bonchev–Trinajstić information content (AvgIpc) is 3.51. The Kier molecular flexibility index (Phi) is 7.54. The maximum absolute atomic E-state index is 13.8. The first-order valence-electron chi connectivity index (χ1n) is 15.2. The Hall–Kier alpha value is -4.30. The van der Waals surface area contributed by atoms with E-state index in [1.807, 2.05) is 116 Å². The van der Waals surface area contributed by atoms with Crippen molar-refractivity contribution < 1.29 is 23.8 Å². The van der Waals surface area contributed by atoms with Crippen LogP contribution in [-0.4, -0.2) is 57.6 Å². The number of carbonyl (C=O) groups is 2. The van der Waals surface area contributed by atoms with Crippen molar-refractivity contribution in [1.82, 2.24) is 9.80 Å². The number of piperidine rings is 1. The van der Waals surface area contributed by atoms with Crippen molar-refractivity contribution in [3.8, 4) is 0 Å². The highest BCUT2D eigenvalue weighted by Gasteiger charge is 2.87. The summed E-state index contributed by atoms with van der Waals surface area (Å²) in [6, 6.07) is 39.6. The van der Waals surface area contributed by atoms with Gasteiger partial charge in [-0.15, -0.1) is 0 Å². The predicted octanol–water partition coefficient (Wildman–Crippen LogP) is 5.77. The second kappa shape index (κ2) is 11.7. The van der Waals surface area contributed by atoms with Crippen LogP contribution in [0.25, 0.3) is 0 Å².